The molecule has 1 heterocycles. The fraction of sp³-hybridized carbons (Fsp3) is 0.333. The first kappa shape index (κ1) is 14.9. The number of aromatic nitrogens is 2. The van der Waals surface area contributed by atoms with Crippen LogP contribution in [-0.4, -0.2) is 27.4 Å². The third-order valence-electron chi connectivity index (χ3n) is 3.26. The number of nitrogens with two attached hydrogens (primary N) is 1. The molecule has 0 amide bonds. The summed E-state index contributed by atoms with van der Waals surface area (Å²) >= 11 is 0. The number of nitrogen functional groups attached to an aromatic ring is 1. The maximum absolute atomic E-state index is 10.9. The van der Waals surface area contributed by atoms with Gasteiger partial charge in [-0.3, -0.25) is 4.68 Å². The van der Waals surface area contributed by atoms with E-state index in [1.54, 1.807) is 12.1 Å². The Hall–Kier alpha value is -2.50. The number of carboxylic acid groups (broad SMARTS) is 1. The lowest BCUT2D eigenvalue weighted by Crippen LogP contribution is -2.09. The molecular weight excluding hydrogens is 268 g/mol. The van der Waals surface area contributed by atoms with Gasteiger partial charge in [0.25, 0.3) is 0 Å². The minimum atomic E-state index is -1.01. The number of carboxylic acids is 1. The van der Waals surface area contributed by atoms with Crippen LogP contribution in [-0.2, 0) is 6.54 Å². The van der Waals surface area contributed by atoms with Gasteiger partial charge in [0.15, 0.2) is 0 Å². The Bertz CT molecular complexity index is 649. The summed E-state index contributed by atoms with van der Waals surface area (Å²) in [5.41, 5.74) is 9.11. The van der Waals surface area contributed by atoms with Gasteiger partial charge >= 0.3 is 5.97 Å². The smallest absolute Gasteiger partial charge is 0.337 e. The van der Waals surface area contributed by atoms with Gasteiger partial charge in [0.1, 0.15) is 0 Å². The van der Waals surface area contributed by atoms with Crippen LogP contribution in [0.2, 0.25) is 0 Å². The molecule has 21 heavy (non-hydrogen) atoms. The highest BCUT2D eigenvalue weighted by molar-refractivity contribution is 5.94. The van der Waals surface area contributed by atoms with Crippen molar-refractivity contribution in [1.29, 1.82) is 0 Å². The minimum Gasteiger partial charge on any atom is -0.478 e. The summed E-state index contributed by atoms with van der Waals surface area (Å²) in [5, 5.41) is 16.6. The Labute approximate surface area is 123 Å². The summed E-state index contributed by atoms with van der Waals surface area (Å²) < 4.78 is 1.99. The highest BCUT2D eigenvalue weighted by Crippen LogP contribution is 2.18. The Morgan fingerprint density at radius 1 is 1.38 bits per heavy atom. The van der Waals surface area contributed by atoms with Gasteiger partial charge in [-0.25, -0.2) is 4.79 Å². The Kier molecular flexibility index (Phi) is 4.47. The predicted octanol–water partition coefficient (Wildman–Crippen LogP) is 2.28. The van der Waals surface area contributed by atoms with Gasteiger partial charge in [-0.1, -0.05) is 0 Å². The van der Waals surface area contributed by atoms with Crippen LogP contribution < -0.4 is 11.1 Å². The van der Waals surface area contributed by atoms with Crippen molar-refractivity contribution in [2.24, 2.45) is 0 Å². The van der Waals surface area contributed by atoms with Gasteiger partial charge in [0.05, 0.1) is 11.3 Å². The third kappa shape index (κ3) is 3.75. The summed E-state index contributed by atoms with van der Waals surface area (Å²) in [6.45, 7) is 5.63. The van der Waals surface area contributed by atoms with Gasteiger partial charge in [0.2, 0.25) is 0 Å². The van der Waals surface area contributed by atoms with Crippen molar-refractivity contribution in [3.8, 4) is 0 Å². The van der Waals surface area contributed by atoms with Crippen molar-refractivity contribution in [3.63, 3.8) is 0 Å². The zero-order valence-electron chi connectivity index (χ0n) is 12.3. The molecular formula is C15H20N4O2. The summed E-state index contributed by atoms with van der Waals surface area (Å²) in [4.78, 5) is 10.9. The highest BCUT2D eigenvalue weighted by atomic mass is 16.4. The van der Waals surface area contributed by atoms with Gasteiger partial charge in [-0.15, -0.1) is 0 Å². The van der Waals surface area contributed by atoms with E-state index < -0.39 is 5.97 Å². The molecule has 0 aliphatic rings. The highest BCUT2D eigenvalue weighted by Gasteiger charge is 2.07. The van der Waals surface area contributed by atoms with Crippen LogP contribution in [0.5, 0.6) is 0 Å². The van der Waals surface area contributed by atoms with Crippen LogP contribution in [0.1, 0.15) is 28.2 Å². The van der Waals surface area contributed by atoms with E-state index in [0.717, 1.165) is 36.6 Å². The standard InChI is InChI=1S/C15H20N4O2/c1-10-8-11(2)19(18-10)7-3-6-17-12-4-5-13(15(20)21)14(16)9-12/h4-5,8-9,17H,3,6-7,16H2,1-2H3,(H,20,21). The van der Waals surface area contributed by atoms with Crippen molar-refractivity contribution in [2.75, 3.05) is 17.6 Å². The largest absolute Gasteiger partial charge is 0.478 e. The molecule has 0 unspecified atom stereocenters. The number of aryl methyl sites for hydroxylation is 3. The number of benzene rings is 1. The lowest BCUT2D eigenvalue weighted by Gasteiger charge is -2.09. The van der Waals surface area contributed by atoms with E-state index in [1.807, 2.05) is 18.5 Å². The van der Waals surface area contributed by atoms with E-state index in [9.17, 15) is 4.79 Å². The second-order valence-corrected chi connectivity index (χ2v) is 5.04. The first-order valence-corrected chi connectivity index (χ1v) is 6.85. The molecule has 112 valence electrons. The summed E-state index contributed by atoms with van der Waals surface area (Å²) in [6, 6.07) is 6.94. The monoisotopic (exact) mass is 288 g/mol. The molecule has 4 N–H and O–H groups in total. The number of hydrogen-bond donors (Lipinski definition) is 3. The van der Waals surface area contributed by atoms with Crippen molar-refractivity contribution in [2.45, 2.75) is 26.8 Å². The van der Waals surface area contributed by atoms with Crippen LogP contribution in [0.3, 0.4) is 0 Å². The fourth-order valence-electron chi connectivity index (χ4n) is 2.23. The van der Waals surface area contributed by atoms with Crippen LogP contribution >= 0.6 is 0 Å². The predicted molar refractivity (Wildman–Crippen MR) is 82.6 cm³/mol. The van der Waals surface area contributed by atoms with Gasteiger partial charge in [0, 0.05) is 30.2 Å². The Balaban J connectivity index is 1.85. The molecule has 1 aromatic carbocycles. The molecule has 1 aromatic heterocycles. The molecule has 0 aliphatic heterocycles. The van der Waals surface area contributed by atoms with E-state index in [2.05, 4.69) is 16.5 Å². The molecule has 2 aromatic rings. The van der Waals surface area contributed by atoms with E-state index in [4.69, 9.17) is 10.8 Å². The molecule has 6 heteroatoms. The van der Waals surface area contributed by atoms with Crippen molar-refractivity contribution >= 4 is 17.3 Å². The maximum Gasteiger partial charge on any atom is 0.337 e. The summed E-state index contributed by atoms with van der Waals surface area (Å²) in [5.74, 6) is -1.01. The zero-order valence-corrected chi connectivity index (χ0v) is 12.3. The van der Waals surface area contributed by atoms with Crippen LogP contribution in [0, 0.1) is 13.8 Å². The zero-order chi connectivity index (χ0) is 15.4. The first-order chi connectivity index (χ1) is 9.97. The second kappa shape index (κ2) is 6.30. The summed E-state index contributed by atoms with van der Waals surface area (Å²) in [6.07, 6.45) is 0.919. The van der Waals surface area contributed by atoms with E-state index >= 15 is 0 Å². The van der Waals surface area contributed by atoms with Gasteiger partial charge < -0.3 is 16.2 Å². The molecule has 0 radical (unpaired) electrons. The average Bonchev–Trinajstić information content (AvgIpc) is 2.73. The topological polar surface area (TPSA) is 93.2 Å². The average molecular weight is 288 g/mol. The number of rotatable bonds is 6. The molecule has 0 saturated carbocycles. The van der Waals surface area contributed by atoms with Crippen molar-refractivity contribution in [3.05, 3.63) is 41.2 Å². The van der Waals surface area contributed by atoms with Crippen LogP contribution in [0.4, 0.5) is 11.4 Å². The molecule has 0 aliphatic carbocycles. The van der Waals surface area contributed by atoms with Crippen LogP contribution in [0.15, 0.2) is 24.3 Å². The lowest BCUT2D eigenvalue weighted by molar-refractivity contribution is 0.0698. The number of nitrogens with zero attached hydrogens (tertiary/aromatic N) is 2. The normalized spacial score (nSPS) is 10.6. The Morgan fingerprint density at radius 2 is 2.14 bits per heavy atom. The quantitative estimate of drug-likeness (QED) is 0.560. The SMILES string of the molecule is Cc1cc(C)n(CCCNc2ccc(C(=O)O)c(N)c2)n1. The number of hydrogen-bond acceptors (Lipinski definition) is 4. The summed E-state index contributed by atoms with van der Waals surface area (Å²) in [7, 11) is 0. The van der Waals surface area contributed by atoms with Gasteiger partial charge in [-0.2, -0.15) is 5.10 Å². The Morgan fingerprint density at radius 3 is 2.71 bits per heavy atom. The second-order valence-electron chi connectivity index (χ2n) is 5.04. The molecule has 0 fully saturated rings. The minimum absolute atomic E-state index is 0.128. The number of aromatic carboxylic acids is 1. The maximum atomic E-state index is 10.9. The first-order valence-electron chi connectivity index (χ1n) is 6.85. The number of anilines is 2. The van der Waals surface area contributed by atoms with Gasteiger partial charge in [-0.05, 0) is 44.5 Å². The molecule has 0 bridgehead atoms. The fourth-order valence-corrected chi connectivity index (χ4v) is 2.23. The van der Waals surface area contributed by atoms with E-state index in [-0.39, 0.29) is 11.3 Å². The van der Waals surface area contributed by atoms with Crippen molar-refractivity contribution < 1.29 is 9.90 Å². The van der Waals surface area contributed by atoms with Crippen LogP contribution in [0.25, 0.3) is 0 Å². The third-order valence-corrected chi connectivity index (χ3v) is 3.26. The molecule has 0 saturated heterocycles. The number of carbonyl (C=O) groups is 1. The lowest BCUT2D eigenvalue weighted by atomic mass is 10.1. The molecule has 6 nitrogen and oxygen atoms in total. The molecule has 0 spiro atoms. The van der Waals surface area contributed by atoms with Crippen molar-refractivity contribution in [1.82, 2.24) is 9.78 Å². The molecule has 0 atom stereocenters. The van der Waals surface area contributed by atoms with E-state index in [1.165, 1.54) is 6.07 Å². The number of nitrogens with one attached hydrogen (secondary N) is 1. The van der Waals surface area contributed by atoms with E-state index in [0.29, 0.717) is 0 Å². The molecule has 2 rings (SSSR count).